The minimum absolute atomic E-state index is 0.204. The molecule has 2 aromatic rings. The molecule has 1 amide bonds. The van der Waals surface area contributed by atoms with Gasteiger partial charge in [0.15, 0.2) is 5.69 Å². The molecule has 0 bridgehead atoms. The van der Waals surface area contributed by atoms with Gasteiger partial charge in [-0.05, 0) is 24.6 Å². The van der Waals surface area contributed by atoms with E-state index in [2.05, 4.69) is 14.1 Å². The maximum atomic E-state index is 12.7. The molecular formula is C11H10FN3OS. The van der Waals surface area contributed by atoms with Crippen LogP contribution in [0.25, 0.3) is 0 Å². The molecule has 1 aromatic heterocycles. The highest BCUT2D eigenvalue weighted by atomic mass is 32.1. The number of amides is 1. The fraction of sp³-hybridized carbons (Fsp3) is 0.182. The van der Waals surface area contributed by atoms with Crippen LogP contribution in [0.5, 0.6) is 0 Å². The first-order chi connectivity index (χ1) is 8.16. The maximum absolute atomic E-state index is 12.7. The first-order valence-electron chi connectivity index (χ1n) is 5.00. The number of benzene rings is 1. The molecule has 0 aliphatic carbocycles. The second-order valence-electron chi connectivity index (χ2n) is 3.54. The van der Waals surface area contributed by atoms with Gasteiger partial charge in [0.05, 0.1) is 24.0 Å². The average molecular weight is 251 g/mol. The predicted molar refractivity (Wildman–Crippen MR) is 62.2 cm³/mol. The molecule has 0 fully saturated rings. The van der Waals surface area contributed by atoms with Gasteiger partial charge >= 0.3 is 0 Å². The molecule has 1 heterocycles. The Bertz CT molecular complexity index is 498. The van der Waals surface area contributed by atoms with Crippen molar-refractivity contribution >= 4 is 17.6 Å². The highest BCUT2D eigenvalue weighted by molar-refractivity contribution is 6.99. The number of hydrogen-bond donors (Lipinski definition) is 1. The van der Waals surface area contributed by atoms with Gasteiger partial charge in [-0.3, -0.25) is 4.79 Å². The van der Waals surface area contributed by atoms with Crippen molar-refractivity contribution in [2.45, 2.75) is 13.0 Å². The topological polar surface area (TPSA) is 54.9 Å². The quantitative estimate of drug-likeness (QED) is 0.909. The van der Waals surface area contributed by atoms with Crippen LogP contribution in [0.3, 0.4) is 0 Å². The van der Waals surface area contributed by atoms with Gasteiger partial charge in [0.25, 0.3) is 5.91 Å². The van der Waals surface area contributed by atoms with Gasteiger partial charge < -0.3 is 5.32 Å². The summed E-state index contributed by atoms with van der Waals surface area (Å²) in [7, 11) is 0. The van der Waals surface area contributed by atoms with Crippen molar-refractivity contribution in [2.24, 2.45) is 0 Å². The number of nitrogens with one attached hydrogen (secondary N) is 1. The molecule has 0 spiro atoms. The smallest absolute Gasteiger partial charge is 0.273 e. The Morgan fingerprint density at radius 2 is 2.12 bits per heavy atom. The first-order valence-corrected chi connectivity index (χ1v) is 5.74. The molecule has 4 nitrogen and oxygen atoms in total. The van der Waals surface area contributed by atoms with Crippen molar-refractivity contribution in [2.75, 3.05) is 0 Å². The molecule has 0 unspecified atom stereocenters. The molecule has 1 atom stereocenters. The van der Waals surface area contributed by atoms with Crippen LogP contribution >= 0.6 is 11.7 Å². The summed E-state index contributed by atoms with van der Waals surface area (Å²) < 4.78 is 20.3. The summed E-state index contributed by atoms with van der Waals surface area (Å²) in [6, 6.07) is 5.80. The highest BCUT2D eigenvalue weighted by Crippen LogP contribution is 2.13. The Labute approximate surface area is 102 Å². The summed E-state index contributed by atoms with van der Waals surface area (Å²) in [5.74, 6) is -0.577. The summed E-state index contributed by atoms with van der Waals surface area (Å²) in [4.78, 5) is 11.7. The van der Waals surface area contributed by atoms with E-state index in [0.717, 1.165) is 17.3 Å². The van der Waals surface area contributed by atoms with E-state index in [-0.39, 0.29) is 17.8 Å². The molecule has 1 aromatic carbocycles. The van der Waals surface area contributed by atoms with E-state index in [9.17, 15) is 9.18 Å². The average Bonchev–Trinajstić information content (AvgIpc) is 2.83. The fourth-order valence-corrected chi connectivity index (χ4v) is 1.78. The Kier molecular flexibility index (Phi) is 3.43. The Balaban J connectivity index is 2.04. The molecule has 0 aliphatic rings. The molecule has 6 heteroatoms. The zero-order valence-corrected chi connectivity index (χ0v) is 9.87. The summed E-state index contributed by atoms with van der Waals surface area (Å²) in [5, 5.41) is 2.76. The van der Waals surface area contributed by atoms with Crippen LogP contribution in [0.2, 0.25) is 0 Å². The minimum atomic E-state index is -0.295. The van der Waals surface area contributed by atoms with Crippen molar-refractivity contribution in [3.63, 3.8) is 0 Å². The van der Waals surface area contributed by atoms with Gasteiger partial charge in [-0.1, -0.05) is 12.1 Å². The molecule has 1 N–H and O–H groups in total. The number of aromatic nitrogens is 2. The third-order valence-corrected chi connectivity index (χ3v) is 2.79. The van der Waals surface area contributed by atoms with Crippen LogP contribution < -0.4 is 5.32 Å². The number of nitrogens with zero attached hydrogens (tertiary/aromatic N) is 2. The molecule has 2 rings (SSSR count). The van der Waals surface area contributed by atoms with E-state index in [1.807, 2.05) is 6.92 Å². The number of carbonyl (C=O) groups is 1. The lowest BCUT2D eigenvalue weighted by Gasteiger charge is -2.13. The van der Waals surface area contributed by atoms with Crippen LogP contribution in [0.15, 0.2) is 30.5 Å². The fourth-order valence-electron chi connectivity index (χ4n) is 1.37. The van der Waals surface area contributed by atoms with Crippen molar-refractivity contribution < 1.29 is 9.18 Å². The highest BCUT2D eigenvalue weighted by Gasteiger charge is 2.13. The molecular weight excluding hydrogens is 241 g/mol. The van der Waals surface area contributed by atoms with E-state index >= 15 is 0 Å². The molecule has 17 heavy (non-hydrogen) atoms. The van der Waals surface area contributed by atoms with E-state index in [1.165, 1.54) is 18.3 Å². The first kappa shape index (κ1) is 11.7. The number of hydrogen-bond acceptors (Lipinski definition) is 4. The van der Waals surface area contributed by atoms with Gasteiger partial charge in [-0.2, -0.15) is 8.75 Å². The lowest BCUT2D eigenvalue weighted by molar-refractivity contribution is 0.0936. The van der Waals surface area contributed by atoms with Crippen LogP contribution in [0.4, 0.5) is 4.39 Å². The Morgan fingerprint density at radius 3 is 2.71 bits per heavy atom. The summed E-state index contributed by atoms with van der Waals surface area (Å²) in [6.07, 6.45) is 1.41. The molecule has 88 valence electrons. The molecule has 0 saturated carbocycles. The van der Waals surface area contributed by atoms with Crippen molar-refractivity contribution in [1.82, 2.24) is 14.1 Å². The van der Waals surface area contributed by atoms with Crippen molar-refractivity contribution in [1.29, 1.82) is 0 Å². The second kappa shape index (κ2) is 5.01. The SMILES string of the molecule is C[C@H](NC(=O)c1cnsn1)c1ccc(F)cc1. The van der Waals surface area contributed by atoms with Crippen LogP contribution in [0, 0.1) is 5.82 Å². The Hall–Kier alpha value is -1.82. The zero-order valence-electron chi connectivity index (χ0n) is 9.05. The third-order valence-electron chi connectivity index (χ3n) is 2.31. The van der Waals surface area contributed by atoms with Gasteiger partial charge in [0.1, 0.15) is 5.82 Å². The van der Waals surface area contributed by atoms with Gasteiger partial charge in [-0.15, -0.1) is 0 Å². The van der Waals surface area contributed by atoms with Crippen molar-refractivity contribution in [3.05, 3.63) is 47.5 Å². The monoisotopic (exact) mass is 251 g/mol. The minimum Gasteiger partial charge on any atom is -0.344 e. The predicted octanol–water partition coefficient (Wildman–Crippen LogP) is 2.17. The molecule has 0 saturated heterocycles. The maximum Gasteiger partial charge on any atom is 0.273 e. The number of rotatable bonds is 3. The van der Waals surface area contributed by atoms with Gasteiger partial charge in [0, 0.05) is 0 Å². The van der Waals surface area contributed by atoms with Crippen LogP contribution in [-0.4, -0.2) is 14.7 Å². The lowest BCUT2D eigenvalue weighted by atomic mass is 10.1. The lowest BCUT2D eigenvalue weighted by Crippen LogP contribution is -2.26. The van der Waals surface area contributed by atoms with E-state index < -0.39 is 0 Å². The van der Waals surface area contributed by atoms with E-state index in [4.69, 9.17) is 0 Å². The summed E-state index contributed by atoms with van der Waals surface area (Å²) >= 11 is 0.982. The summed E-state index contributed by atoms with van der Waals surface area (Å²) in [6.45, 7) is 1.82. The molecule has 0 radical (unpaired) electrons. The standard InChI is InChI=1S/C11H10FN3OS/c1-7(8-2-4-9(12)5-3-8)14-11(16)10-6-13-17-15-10/h2-7H,1H3,(H,14,16)/t7-/m0/s1. The number of carbonyl (C=O) groups excluding carboxylic acids is 1. The van der Waals surface area contributed by atoms with E-state index in [0.29, 0.717) is 5.69 Å². The summed E-state index contributed by atoms with van der Waals surface area (Å²) in [5.41, 5.74) is 1.13. The normalized spacial score (nSPS) is 12.1. The van der Waals surface area contributed by atoms with Crippen LogP contribution in [-0.2, 0) is 0 Å². The largest absolute Gasteiger partial charge is 0.344 e. The number of halogens is 1. The van der Waals surface area contributed by atoms with Crippen molar-refractivity contribution in [3.8, 4) is 0 Å². The Morgan fingerprint density at radius 1 is 1.41 bits per heavy atom. The second-order valence-corrected chi connectivity index (χ2v) is 4.10. The van der Waals surface area contributed by atoms with E-state index in [1.54, 1.807) is 12.1 Å². The third kappa shape index (κ3) is 2.85. The van der Waals surface area contributed by atoms with Gasteiger partial charge in [0.2, 0.25) is 0 Å². The van der Waals surface area contributed by atoms with Gasteiger partial charge in [-0.25, -0.2) is 4.39 Å². The zero-order chi connectivity index (χ0) is 12.3. The molecule has 0 aliphatic heterocycles. The van der Waals surface area contributed by atoms with Crippen LogP contribution in [0.1, 0.15) is 29.0 Å².